The molecule has 2 aliphatic rings. The number of rotatable bonds is 13. The molecule has 3 N–H and O–H groups in total. The van der Waals surface area contributed by atoms with E-state index in [1.165, 1.54) is 12.1 Å². The van der Waals surface area contributed by atoms with Gasteiger partial charge in [-0.25, -0.2) is 13.1 Å². The molecule has 0 unspecified atom stereocenters. The number of carboxylic acid groups (broad SMARTS) is 1. The largest absolute Gasteiger partial charge is 0.481 e. The minimum absolute atomic E-state index is 0.0276. The fourth-order valence-corrected chi connectivity index (χ4v) is 6.41. The first kappa shape index (κ1) is 29.1. The van der Waals surface area contributed by atoms with E-state index in [-0.39, 0.29) is 29.9 Å². The molecule has 1 aromatic carbocycles. The maximum absolute atomic E-state index is 13.4. The first-order valence-electron chi connectivity index (χ1n) is 12.9. The van der Waals surface area contributed by atoms with Gasteiger partial charge in [-0.15, -0.1) is 0 Å². The quantitative estimate of drug-likeness (QED) is 0.325. The second kappa shape index (κ2) is 13.3. The Bertz CT molecular complexity index is 1020. The lowest BCUT2D eigenvalue weighted by atomic mass is 9.76. The van der Waals surface area contributed by atoms with Crippen molar-refractivity contribution in [3.8, 4) is 0 Å². The van der Waals surface area contributed by atoms with Gasteiger partial charge in [0.2, 0.25) is 11.8 Å². The van der Waals surface area contributed by atoms with Gasteiger partial charge in [0, 0.05) is 19.1 Å². The van der Waals surface area contributed by atoms with E-state index >= 15 is 0 Å². The number of benzene rings is 1. The van der Waals surface area contributed by atoms with Gasteiger partial charge in [-0.3, -0.25) is 14.4 Å². The average molecular weight is 539 g/mol. The number of hydrogen-bond acceptors (Lipinski definition) is 7. The van der Waals surface area contributed by atoms with Gasteiger partial charge in [0.25, 0.3) is 10.0 Å². The third kappa shape index (κ3) is 7.99. The van der Waals surface area contributed by atoms with E-state index in [4.69, 9.17) is 9.47 Å². The SMILES string of the molecule is COCCOC[C@H](CC1(C(=O)NC2CCC(C(=O)NS(=O)(=O)c3ccccc3)CC2)CCCC1)C(=O)O. The van der Waals surface area contributed by atoms with Crippen molar-refractivity contribution in [2.45, 2.75) is 68.7 Å². The zero-order valence-corrected chi connectivity index (χ0v) is 22.1. The number of sulfonamides is 1. The highest BCUT2D eigenvalue weighted by atomic mass is 32.2. The lowest BCUT2D eigenvalue weighted by molar-refractivity contribution is -0.147. The summed E-state index contributed by atoms with van der Waals surface area (Å²) in [5, 5.41) is 12.8. The van der Waals surface area contributed by atoms with Gasteiger partial charge in [0.05, 0.1) is 36.0 Å². The molecular weight excluding hydrogens is 500 g/mol. The minimum Gasteiger partial charge on any atom is -0.481 e. The first-order valence-corrected chi connectivity index (χ1v) is 14.4. The molecule has 0 heterocycles. The third-order valence-electron chi connectivity index (χ3n) is 7.50. The van der Waals surface area contributed by atoms with Crippen LogP contribution >= 0.6 is 0 Å². The second-order valence-corrected chi connectivity index (χ2v) is 11.8. The summed E-state index contributed by atoms with van der Waals surface area (Å²) in [7, 11) is -2.38. The van der Waals surface area contributed by atoms with Crippen molar-refractivity contribution in [2.24, 2.45) is 17.3 Å². The van der Waals surface area contributed by atoms with Gasteiger partial charge >= 0.3 is 5.97 Å². The fourth-order valence-electron chi connectivity index (χ4n) is 5.35. The number of methoxy groups -OCH3 is 1. The molecule has 0 bridgehead atoms. The van der Waals surface area contributed by atoms with Crippen LogP contribution in [0.1, 0.15) is 57.8 Å². The molecule has 10 nitrogen and oxygen atoms in total. The number of carbonyl (C=O) groups excluding carboxylic acids is 2. The summed E-state index contributed by atoms with van der Waals surface area (Å²) in [4.78, 5) is 38.0. The summed E-state index contributed by atoms with van der Waals surface area (Å²) in [6.45, 7) is 0.694. The Morgan fingerprint density at radius 2 is 1.70 bits per heavy atom. The molecule has 2 fully saturated rings. The number of amides is 2. The lowest BCUT2D eigenvalue weighted by Crippen LogP contribution is -2.48. The summed E-state index contributed by atoms with van der Waals surface area (Å²) in [5.41, 5.74) is -0.744. The first-order chi connectivity index (χ1) is 17.7. The van der Waals surface area contributed by atoms with E-state index in [1.807, 2.05) is 0 Å². The molecule has 37 heavy (non-hydrogen) atoms. The highest BCUT2D eigenvalue weighted by Gasteiger charge is 2.45. The van der Waals surface area contributed by atoms with Gasteiger partial charge in [0.1, 0.15) is 0 Å². The van der Waals surface area contributed by atoms with Crippen LogP contribution in [0.3, 0.4) is 0 Å². The summed E-state index contributed by atoms with van der Waals surface area (Å²) < 4.78 is 37.5. The van der Waals surface area contributed by atoms with Gasteiger partial charge in [-0.05, 0) is 57.1 Å². The van der Waals surface area contributed by atoms with Crippen LogP contribution < -0.4 is 10.0 Å². The van der Waals surface area contributed by atoms with Crippen LogP contribution in [-0.4, -0.2) is 64.3 Å². The van der Waals surface area contributed by atoms with Crippen LogP contribution in [0.15, 0.2) is 35.2 Å². The Morgan fingerprint density at radius 3 is 2.30 bits per heavy atom. The maximum Gasteiger partial charge on any atom is 0.308 e. The highest BCUT2D eigenvalue weighted by molar-refractivity contribution is 7.90. The molecule has 2 aliphatic carbocycles. The van der Waals surface area contributed by atoms with E-state index < -0.39 is 39.2 Å². The zero-order valence-electron chi connectivity index (χ0n) is 21.3. The summed E-state index contributed by atoms with van der Waals surface area (Å²) in [6.07, 6.45) is 5.24. The number of carbonyl (C=O) groups is 3. The maximum atomic E-state index is 13.4. The van der Waals surface area contributed by atoms with E-state index in [9.17, 15) is 27.9 Å². The van der Waals surface area contributed by atoms with Gasteiger partial charge < -0.3 is 19.9 Å². The van der Waals surface area contributed by atoms with Crippen molar-refractivity contribution < 1.29 is 37.4 Å². The molecule has 206 valence electrons. The lowest BCUT2D eigenvalue weighted by Gasteiger charge is -2.34. The molecule has 2 saturated carbocycles. The van der Waals surface area contributed by atoms with Crippen LogP contribution in [-0.2, 0) is 33.9 Å². The number of aliphatic carboxylic acids is 1. The normalized spacial score (nSPS) is 22.2. The molecule has 0 radical (unpaired) electrons. The molecule has 2 amide bonds. The Labute approximate surface area is 218 Å². The zero-order chi connectivity index (χ0) is 26.9. The molecule has 1 aromatic rings. The molecule has 11 heteroatoms. The fraction of sp³-hybridized carbons (Fsp3) is 0.654. The topological polar surface area (TPSA) is 148 Å². The summed E-state index contributed by atoms with van der Waals surface area (Å²) >= 11 is 0. The molecule has 0 aromatic heterocycles. The Kier molecular flexibility index (Phi) is 10.5. The predicted octanol–water partition coefficient (Wildman–Crippen LogP) is 2.48. The standard InChI is InChI=1S/C26H38N2O8S/c1-35-15-16-36-18-20(24(30)31)17-26(13-5-6-14-26)25(32)27-21-11-9-19(10-12-21)23(29)28-37(33,34)22-7-3-2-4-8-22/h2-4,7-8,19-21H,5-6,9-18H2,1H3,(H,27,32)(H,28,29)(H,30,31)/t19?,20-,21?/m0/s1. The van der Waals surface area contributed by atoms with Crippen molar-refractivity contribution in [3.05, 3.63) is 30.3 Å². The van der Waals surface area contributed by atoms with Crippen molar-refractivity contribution in [1.82, 2.24) is 10.0 Å². The predicted molar refractivity (Wildman–Crippen MR) is 135 cm³/mol. The van der Waals surface area contributed by atoms with Crippen molar-refractivity contribution in [3.63, 3.8) is 0 Å². The number of ether oxygens (including phenoxy) is 2. The van der Waals surface area contributed by atoms with Gasteiger partial charge in [0.15, 0.2) is 0 Å². The second-order valence-electron chi connectivity index (χ2n) is 10.1. The molecule has 1 atom stereocenters. The van der Waals surface area contributed by atoms with E-state index in [1.54, 1.807) is 25.3 Å². The number of hydrogen-bond donors (Lipinski definition) is 3. The van der Waals surface area contributed by atoms with Crippen LogP contribution in [0.2, 0.25) is 0 Å². The Hall–Kier alpha value is -2.50. The molecular formula is C26H38N2O8S. The molecule has 3 rings (SSSR count). The molecule has 0 spiro atoms. The van der Waals surface area contributed by atoms with Gasteiger partial charge in [-0.1, -0.05) is 31.0 Å². The van der Waals surface area contributed by atoms with Crippen molar-refractivity contribution >= 4 is 27.8 Å². The van der Waals surface area contributed by atoms with E-state index in [2.05, 4.69) is 10.0 Å². The van der Waals surface area contributed by atoms with Crippen LogP contribution in [0.25, 0.3) is 0 Å². The Balaban J connectivity index is 1.53. The number of nitrogens with one attached hydrogen (secondary N) is 2. The third-order valence-corrected chi connectivity index (χ3v) is 8.86. The van der Waals surface area contributed by atoms with Crippen LogP contribution in [0.4, 0.5) is 0 Å². The number of carboxylic acids is 1. The van der Waals surface area contributed by atoms with Crippen molar-refractivity contribution in [2.75, 3.05) is 26.9 Å². The van der Waals surface area contributed by atoms with Crippen LogP contribution in [0.5, 0.6) is 0 Å². The minimum atomic E-state index is -3.92. The smallest absolute Gasteiger partial charge is 0.308 e. The summed E-state index contributed by atoms with van der Waals surface area (Å²) in [5.74, 6) is -2.88. The monoisotopic (exact) mass is 538 g/mol. The molecule has 0 saturated heterocycles. The Morgan fingerprint density at radius 1 is 1.05 bits per heavy atom. The van der Waals surface area contributed by atoms with Gasteiger partial charge in [-0.2, -0.15) is 0 Å². The van der Waals surface area contributed by atoms with Crippen LogP contribution in [0, 0.1) is 17.3 Å². The molecule has 0 aliphatic heterocycles. The van der Waals surface area contributed by atoms with E-state index in [0.29, 0.717) is 51.7 Å². The average Bonchev–Trinajstić information content (AvgIpc) is 3.36. The highest BCUT2D eigenvalue weighted by Crippen LogP contribution is 2.44. The van der Waals surface area contributed by atoms with Crippen molar-refractivity contribution in [1.29, 1.82) is 0 Å². The van der Waals surface area contributed by atoms with E-state index in [0.717, 1.165) is 12.8 Å². The summed E-state index contributed by atoms with van der Waals surface area (Å²) in [6, 6.07) is 7.61.